The van der Waals surface area contributed by atoms with Crippen LogP contribution in [0.4, 0.5) is 0 Å². The highest BCUT2D eigenvalue weighted by Crippen LogP contribution is 2.12. The van der Waals surface area contributed by atoms with Crippen molar-refractivity contribution in [1.29, 1.82) is 0 Å². The minimum absolute atomic E-state index is 0.565. The molecule has 1 rings (SSSR count). The van der Waals surface area contributed by atoms with E-state index in [1.807, 2.05) is 0 Å². The second kappa shape index (κ2) is 3.30. The Balaban J connectivity index is 2.72. The molecule has 2 N–H and O–H groups in total. The fourth-order valence-electron chi connectivity index (χ4n) is 0.555. The fourth-order valence-corrected chi connectivity index (χ4v) is 1.14. The van der Waals surface area contributed by atoms with Gasteiger partial charge in [0.15, 0.2) is 0 Å². The Morgan fingerprint density at radius 1 is 1.73 bits per heavy atom. The molecule has 11 heavy (non-hydrogen) atoms. The molecule has 0 bridgehead atoms. The molecule has 0 saturated heterocycles. The van der Waals surface area contributed by atoms with Gasteiger partial charge in [0.25, 0.3) is 0 Å². The first-order chi connectivity index (χ1) is 5.25. The summed E-state index contributed by atoms with van der Waals surface area (Å²) in [5.41, 5.74) is 0. The molecule has 1 heterocycles. The molecule has 0 spiro atoms. The third-order valence-electron chi connectivity index (χ3n) is 1.12. The van der Waals surface area contributed by atoms with Crippen molar-refractivity contribution in [2.75, 3.05) is 11.6 Å². The molecule has 0 aliphatic heterocycles. The van der Waals surface area contributed by atoms with Crippen LogP contribution in [0.1, 0.15) is 5.82 Å². The van der Waals surface area contributed by atoms with Gasteiger partial charge in [-0.15, -0.1) is 16.6 Å². The standard InChI is InChI=1S/C6H8N4S/c1-3-4-11-6-9-8-5(2)10(6)7/h1H,4,7H2,2H3. The van der Waals surface area contributed by atoms with Crippen LogP contribution in [-0.2, 0) is 0 Å². The molecule has 0 aromatic carbocycles. The lowest BCUT2D eigenvalue weighted by Gasteiger charge is -1.96. The summed E-state index contributed by atoms with van der Waals surface area (Å²) in [5.74, 6) is 9.27. The molecule has 0 aliphatic carbocycles. The van der Waals surface area contributed by atoms with Crippen LogP contribution in [0.3, 0.4) is 0 Å². The number of nitrogens with zero attached hydrogens (tertiary/aromatic N) is 3. The van der Waals surface area contributed by atoms with Crippen LogP contribution >= 0.6 is 11.8 Å². The summed E-state index contributed by atoms with van der Waals surface area (Å²) in [7, 11) is 0. The molecule has 0 radical (unpaired) electrons. The fraction of sp³-hybridized carbons (Fsp3) is 0.333. The van der Waals surface area contributed by atoms with Gasteiger partial charge in [-0.25, -0.2) is 4.68 Å². The molecule has 5 heteroatoms. The van der Waals surface area contributed by atoms with Crippen LogP contribution in [0.2, 0.25) is 0 Å². The third kappa shape index (κ3) is 1.65. The Kier molecular flexibility index (Phi) is 2.39. The number of nitrogen functional groups attached to an aromatic ring is 1. The van der Waals surface area contributed by atoms with E-state index >= 15 is 0 Å². The Morgan fingerprint density at radius 3 is 2.91 bits per heavy atom. The van der Waals surface area contributed by atoms with E-state index in [2.05, 4.69) is 16.1 Å². The van der Waals surface area contributed by atoms with Gasteiger partial charge in [0.2, 0.25) is 5.16 Å². The normalized spacial score (nSPS) is 9.45. The number of nitrogens with two attached hydrogens (primary N) is 1. The lowest BCUT2D eigenvalue weighted by molar-refractivity contribution is 0.826. The van der Waals surface area contributed by atoms with Crippen molar-refractivity contribution in [1.82, 2.24) is 14.9 Å². The topological polar surface area (TPSA) is 56.7 Å². The Hall–Kier alpha value is -1.15. The smallest absolute Gasteiger partial charge is 0.210 e. The lowest BCUT2D eigenvalue weighted by atomic mass is 10.7. The molecule has 4 nitrogen and oxygen atoms in total. The second-order valence-electron chi connectivity index (χ2n) is 1.89. The summed E-state index contributed by atoms with van der Waals surface area (Å²) in [5, 5.41) is 8.23. The van der Waals surface area contributed by atoms with Crippen LogP contribution in [0, 0.1) is 19.3 Å². The summed E-state index contributed by atoms with van der Waals surface area (Å²) in [6.07, 6.45) is 5.06. The van der Waals surface area contributed by atoms with Gasteiger partial charge < -0.3 is 5.84 Å². The average Bonchev–Trinajstić information content (AvgIpc) is 2.31. The Morgan fingerprint density at radius 2 is 2.45 bits per heavy atom. The van der Waals surface area contributed by atoms with Crippen molar-refractivity contribution in [3.8, 4) is 12.3 Å². The number of aromatic nitrogens is 3. The first kappa shape index (κ1) is 7.95. The minimum Gasteiger partial charge on any atom is -0.336 e. The van der Waals surface area contributed by atoms with Crippen molar-refractivity contribution in [3.63, 3.8) is 0 Å². The summed E-state index contributed by atoms with van der Waals surface area (Å²) >= 11 is 1.40. The zero-order valence-electron chi connectivity index (χ0n) is 6.11. The van der Waals surface area contributed by atoms with E-state index in [1.54, 1.807) is 6.92 Å². The molecular formula is C6H8N4S. The summed E-state index contributed by atoms with van der Waals surface area (Å²) in [6, 6.07) is 0. The monoisotopic (exact) mass is 168 g/mol. The van der Waals surface area contributed by atoms with Gasteiger partial charge >= 0.3 is 0 Å². The van der Waals surface area contributed by atoms with Gasteiger partial charge in [-0.3, -0.25) is 0 Å². The Bertz CT molecular complexity index is 285. The number of terminal acetylenes is 1. The largest absolute Gasteiger partial charge is 0.336 e. The Labute approximate surface area is 69.2 Å². The van der Waals surface area contributed by atoms with Gasteiger partial charge in [0.1, 0.15) is 5.82 Å². The highest BCUT2D eigenvalue weighted by atomic mass is 32.2. The van der Waals surface area contributed by atoms with E-state index in [0.29, 0.717) is 16.7 Å². The predicted molar refractivity (Wildman–Crippen MR) is 44.5 cm³/mol. The van der Waals surface area contributed by atoms with Gasteiger partial charge in [-0.2, -0.15) is 0 Å². The van der Waals surface area contributed by atoms with Crippen molar-refractivity contribution >= 4 is 11.8 Å². The summed E-state index contributed by atoms with van der Waals surface area (Å²) in [6.45, 7) is 1.78. The van der Waals surface area contributed by atoms with E-state index in [-0.39, 0.29) is 0 Å². The van der Waals surface area contributed by atoms with Gasteiger partial charge in [-0.05, 0) is 6.92 Å². The molecule has 0 saturated carbocycles. The number of rotatable bonds is 2. The van der Waals surface area contributed by atoms with E-state index in [0.717, 1.165) is 0 Å². The van der Waals surface area contributed by atoms with Crippen molar-refractivity contribution in [2.45, 2.75) is 12.1 Å². The van der Waals surface area contributed by atoms with E-state index in [1.165, 1.54) is 16.4 Å². The first-order valence-electron chi connectivity index (χ1n) is 2.99. The summed E-state index contributed by atoms with van der Waals surface area (Å²) < 4.78 is 1.42. The van der Waals surface area contributed by atoms with Crippen LogP contribution < -0.4 is 5.84 Å². The van der Waals surface area contributed by atoms with Crippen molar-refractivity contribution in [3.05, 3.63) is 5.82 Å². The van der Waals surface area contributed by atoms with E-state index in [4.69, 9.17) is 12.3 Å². The van der Waals surface area contributed by atoms with Crippen LogP contribution in [-0.4, -0.2) is 20.6 Å². The number of hydrogen-bond donors (Lipinski definition) is 1. The van der Waals surface area contributed by atoms with E-state index < -0.39 is 0 Å². The molecule has 0 amide bonds. The molecule has 0 aliphatic rings. The van der Waals surface area contributed by atoms with Crippen LogP contribution in [0.5, 0.6) is 0 Å². The molecule has 0 unspecified atom stereocenters. The number of aryl methyl sites for hydroxylation is 1. The molecule has 58 valence electrons. The molecule has 0 atom stereocenters. The molecular weight excluding hydrogens is 160 g/mol. The first-order valence-corrected chi connectivity index (χ1v) is 3.97. The zero-order valence-corrected chi connectivity index (χ0v) is 6.93. The number of thioether (sulfide) groups is 1. The van der Waals surface area contributed by atoms with Gasteiger partial charge in [-0.1, -0.05) is 17.7 Å². The van der Waals surface area contributed by atoms with Crippen LogP contribution in [0.15, 0.2) is 5.16 Å². The molecule has 1 aromatic rings. The molecule has 0 fully saturated rings. The second-order valence-corrected chi connectivity index (χ2v) is 2.84. The summed E-state index contributed by atoms with van der Waals surface area (Å²) in [4.78, 5) is 0. The van der Waals surface area contributed by atoms with Crippen molar-refractivity contribution < 1.29 is 0 Å². The lowest BCUT2D eigenvalue weighted by Crippen LogP contribution is -2.11. The number of hydrogen-bond acceptors (Lipinski definition) is 4. The average molecular weight is 168 g/mol. The quantitative estimate of drug-likeness (QED) is 0.384. The van der Waals surface area contributed by atoms with E-state index in [9.17, 15) is 0 Å². The third-order valence-corrected chi connectivity index (χ3v) is 1.97. The maximum atomic E-state index is 5.55. The van der Waals surface area contributed by atoms with Gasteiger partial charge in [0.05, 0.1) is 5.75 Å². The maximum Gasteiger partial charge on any atom is 0.210 e. The van der Waals surface area contributed by atoms with Crippen LogP contribution in [0.25, 0.3) is 0 Å². The predicted octanol–water partition coefficient (Wildman–Crippen LogP) is 0.0256. The van der Waals surface area contributed by atoms with Gasteiger partial charge in [0, 0.05) is 0 Å². The minimum atomic E-state index is 0.565. The maximum absolute atomic E-state index is 5.55. The highest BCUT2D eigenvalue weighted by molar-refractivity contribution is 7.99. The highest BCUT2D eigenvalue weighted by Gasteiger charge is 2.03. The molecule has 1 aromatic heterocycles. The zero-order chi connectivity index (χ0) is 8.27. The van der Waals surface area contributed by atoms with Crippen molar-refractivity contribution in [2.24, 2.45) is 0 Å². The SMILES string of the molecule is C#CCSc1nnc(C)n1N.